The van der Waals surface area contributed by atoms with Gasteiger partial charge in [-0.15, -0.1) is 0 Å². The molecule has 2 aromatic rings. The minimum absolute atomic E-state index is 0.0349. The van der Waals surface area contributed by atoms with Crippen molar-refractivity contribution in [2.75, 3.05) is 13.7 Å². The smallest absolute Gasteiger partial charge is 0.325 e. The van der Waals surface area contributed by atoms with Crippen LogP contribution in [0.15, 0.2) is 66.9 Å². The average molecular weight is 295 g/mol. The van der Waals surface area contributed by atoms with E-state index in [1.807, 2.05) is 42.5 Å². The van der Waals surface area contributed by atoms with Crippen molar-refractivity contribution in [3.63, 3.8) is 0 Å². The van der Waals surface area contributed by atoms with Crippen LogP contribution in [0.2, 0.25) is 0 Å². The number of methoxy groups -OCH3 is 1. The van der Waals surface area contributed by atoms with E-state index >= 15 is 0 Å². The summed E-state index contributed by atoms with van der Waals surface area (Å²) in [7, 11) is 1.31. The number of hydrogen-bond donors (Lipinski definition) is 1. The van der Waals surface area contributed by atoms with Crippen molar-refractivity contribution in [2.45, 2.75) is 0 Å². The number of rotatable bonds is 6. The summed E-state index contributed by atoms with van der Waals surface area (Å²) in [5, 5.41) is 2.70. The topological polar surface area (TPSA) is 55.4 Å². The van der Waals surface area contributed by atoms with Crippen LogP contribution < -0.4 is 5.32 Å². The van der Waals surface area contributed by atoms with E-state index in [1.165, 1.54) is 19.4 Å². The SMILES string of the molecule is COC(=O)CNC=CC(=O)c1ccc(-c2ccccc2)cc1. The summed E-state index contributed by atoms with van der Waals surface area (Å²) in [6.45, 7) is 0.0349. The molecule has 0 saturated heterocycles. The van der Waals surface area contributed by atoms with E-state index in [1.54, 1.807) is 12.1 Å². The van der Waals surface area contributed by atoms with Crippen LogP contribution >= 0.6 is 0 Å². The van der Waals surface area contributed by atoms with Gasteiger partial charge in [-0.25, -0.2) is 0 Å². The van der Waals surface area contributed by atoms with Crippen LogP contribution in [0.5, 0.6) is 0 Å². The Bertz CT molecular complexity index is 660. The fraction of sp³-hybridized carbons (Fsp3) is 0.111. The Morgan fingerprint density at radius 3 is 2.27 bits per heavy atom. The highest BCUT2D eigenvalue weighted by Crippen LogP contribution is 2.19. The van der Waals surface area contributed by atoms with Crippen molar-refractivity contribution >= 4 is 11.8 Å². The molecule has 1 N–H and O–H groups in total. The summed E-state index contributed by atoms with van der Waals surface area (Å²) in [6.07, 6.45) is 2.84. The second-order valence-electron chi connectivity index (χ2n) is 4.60. The summed E-state index contributed by atoms with van der Waals surface area (Å²) in [6, 6.07) is 17.4. The number of ether oxygens (including phenoxy) is 1. The highest BCUT2D eigenvalue weighted by molar-refractivity contribution is 6.04. The molecule has 22 heavy (non-hydrogen) atoms. The van der Waals surface area contributed by atoms with Crippen LogP contribution in [-0.4, -0.2) is 25.4 Å². The molecule has 0 fully saturated rings. The molecule has 0 aliphatic rings. The summed E-state index contributed by atoms with van der Waals surface area (Å²) in [4.78, 5) is 22.9. The molecule has 0 aromatic heterocycles. The van der Waals surface area contributed by atoms with Crippen molar-refractivity contribution < 1.29 is 14.3 Å². The van der Waals surface area contributed by atoms with Gasteiger partial charge >= 0.3 is 5.97 Å². The van der Waals surface area contributed by atoms with Gasteiger partial charge in [0.25, 0.3) is 0 Å². The summed E-state index contributed by atoms with van der Waals surface area (Å²) < 4.78 is 4.48. The number of benzene rings is 2. The molecule has 2 aromatic carbocycles. The Morgan fingerprint density at radius 1 is 1.00 bits per heavy atom. The highest BCUT2D eigenvalue weighted by Gasteiger charge is 2.03. The molecule has 0 aliphatic heterocycles. The molecule has 0 saturated carbocycles. The molecule has 2 rings (SSSR count). The average Bonchev–Trinajstić information content (AvgIpc) is 2.59. The molecule has 0 atom stereocenters. The minimum Gasteiger partial charge on any atom is -0.468 e. The first kappa shape index (κ1) is 15.5. The number of carbonyl (C=O) groups is 2. The van der Waals surface area contributed by atoms with Gasteiger partial charge in [0.2, 0.25) is 0 Å². The molecule has 0 unspecified atom stereocenters. The van der Waals surface area contributed by atoms with E-state index in [0.29, 0.717) is 5.56 Å². The van der Waals surface area contributed by atoms with Gasteiger partial charge < -0.3 is 10.1 Å². The molecule has 0 aliphatic carbocycles. The zero-order chi connectivity index (χ0) is 15.8. The quantitative estimate of drug-likeness (QED) is 0.506. The van der Waals surface area contributed by atoms with Gasteiger partial charge in [0.15, 0.2) is 5.78 Å². The fourth-order valence-electron chi connectivity index (χ4n) is 1.90. The first-order chi connectivity index (χ1) is 10.7. The largest absolute Gasteiger partial charge is 0.468 e. The van der Waals surface area contributed by atoms with Gasteiger partial charge in [-0.2, -0.15) is 0 Å². The second-order valence-corrected chi connectivity index (χ2v) is 4.60. The molecule has 0 amide bonds. The number of carbonyl (C=O) groups excluding carboxylic acids is 2. The van der Waals surface area contributed by atoms with Crippen LogP contribution in [0.4, 0.5) is 0 Å². The minimum atomic E-state index is -0.385. The summed E-state index contributed by atoms with van der Waals surface area (Å²) in [5.74, 6) is -0.513. The molecular weight excluding hydrogens is 278 g/mol. The predicted molar refractivity (Wildman–Crippen MR) is 85.4 cm³/mol. The molecule has 0 heterocycles. The maximum absolute atomic E-state index is 12.0. The van der Waals surface area contributed by atoms with E-state index in [0.717, 1.165) is 11.1 Å². The lowest BCUT2D eigenvalue weighted by molar-refractivity contribution is -0.139. The Hall–Kier alpha value is -2.88. The number of allylic oxidation sites excluding steroid dienone is 1. The molecule has 4 heteroatoms. The van der Waals surface area contributed by atoms with E-state index in [-0.39, 0.29) is 18.3 Å². The van der Waals surface area contributed by atoms with E-state index in [2.05, 4.69) is 10.1 Å². The zero-order valence-electron chi connectivity index (χ0n) is 12.3. The second kappa shape index (κ2) is 7.78. The van der Waals surface area contributed by atoms with Gasteiger partial charge in [0.05, 0.1) is 7.11 Å². The van der Waals surface area contributed by atoms with Crippen molar-refractivity contribution in [1.29, 1.82) is 0 Å². The van der Waals surface area contributed by atoms with Gasteiger partial charge in [-0.3, -0.25) is 9.59 Å². The Balaban J connectivity index is 1.97. The van der Waals surface area contributed by atoms with Crippen LogP contribution in [0.3, 0.4) is 0 Å². The number of nitrogens with one attached hydrogen (secondary N) is 1. The monoisotopic (exact) mass is 295 g/mol. The van der Waals surface area contributed by atoms with E-state index in [4.69, 9.17) is 0 Å². The lowest BCUT2D eigenvalue weighted by Gasteiger charge is -2.02. The molecule has 0 spiro atoms. The molecule has 112 valence electrons. The third-order valence-corrected chi connectivity index (χ3v) is 3.10. The normalized spacial score (nSPS) is 10.4. The summed E-state index contributed by atoms with van der Waals surface area (Å²) in [5.41, 5.74) is 2.76. The van der Waals surface area contributed by atoms with Crippen molar-refractivity contribution in [3.05, 3.63) is 72.4 Å². The van der Waals surface area contributed by atoms with Gasteiger partial charge in [0, 0.05) is 17.8 Å². The van der Waals surface area contributed by atoms with E-state index < -0.39 is 0 Å². The van der Waals surface area contributed by atoms with Crippen LogP contribution in [0, 0.1) is 0 Å². The van der Waals surface area contributed by atoms with Crippen LogP contribution in [0.1, 0.15) is 10.4 Å². The number of hydrogen-bond acceptors (Lipinski definition) is 4. The van der Waals surface area contributed by atoms with Crippen LogP contribution in [-0.2, 0) is 9.53 Å². The molecule has 4 nitrogen and oxygen atoms in total. The first-order valence-electron chi connectivity index (χ1n) is 6.87. The highest BCUT2D eigenvalue weighted by atomic mass is 16.5. The van der Waals surface area contributed by atoms with Crippen molar-refractivity contribution in [1.82, 2.24) is 5.32 Å². The molecule has 0 bridgehead atoms. The standard InChI is InChI=1S/C18H17NO3/c1-22-18(21)13-19-12-11-17(20)16-9-7-15(8-10-16)14-5-3-2-4-6-14/h2-12,19H,13H2,1H3. The Morgan fingerprint density at radius 2 is 1.64 bits per heavy atom. The third kappa shape index (κ3) is 4.31. The van der Waals surface area contributed by atoms with Gasteiger partial charge in [0.1, 0.15) is 6.54 Å². The fourth-order valence-corrected chi connectivity index (χ4v) is 1.90. The van der Waals surface area contributed by atoms with Crippen LogP contribution in [0.25, 0.3) is 11.1 Å². The van der Waals surface area contributed by atoms with Gasteiger partial charge in [-0.1, -0.05) is 54.6 Å². The van der Waals surface area contributed by atoms with Crippen molar-refractivity contribution in [3.8, 4) is 11.1 Å². The first-order valence-corrected chi connectivity index (χ1v) is 6.87. The maximum Gasteiger partial charge on any atom is 0.325 e. The predicted octanol–water partition coefficient (Wildman–Crippen LogP) is 2.81. The zero-order valence-corrected chi connectivity index (χ0v) is 12.3. The molecule has 0 radical (unpaired) electrons. The van der Waals surface area contributed by atoms with E-state index in [9.17, 15) is 9.59 Å². The Kier molecular flexibility index (Phi) is 5.49. The number of esters is 1. The van der Waals surface area contributed by atoms with Gasteiger partial charge in [-0.05, 0) is 11.1 Å². The van der Waals surface area contributed by atoms with Crippen molar-refractivity contribution in [2.24, 2.45) is 0 Å². The number of ketones is 1. The lowest BCUT2D eigenvalue weighted by Crippen LogP contribution is -2.19. The molecular formula is C18H17NO3. The Labute approximate surface area is 129 Å². The third-order valence-electron chi connectivity index (χ3n) is 3.10. The lowest BCUT2D eigenvalue weighted by atomic mass is 10.0. The maximum atomic E-state index is 12.0. The summed E-state index contributed by atoms with van der Waals surface area (Å²) >= 11 is 0.